The van der Waals surface area contributed by atoms with E-state index in [0.29, 0.717) is 23.1 Å². The highest BCUT2D eigenvalue weighted by Crippen LogP contribution is 2.61. The normalized spacial score (nSPS) is 28.7. The van der Waals surface area contributed by atoms with E-state index in [1.54, 1.807) is 6.07 Å². The maximum Gasteiger partial charge on any atom is 0.280 e. The van der Waals surface area contributed by atoms with E-state index in [-0.39, 0.29) is 16.9 Å². The van der Waals surface area contributed by atoms with E-state index in [1.165, 1.54) is 43.2 Å². The van der Waals surface area contributed by atoms with Crippen LogP contribution in [0.2, 0.25) is 0 Å². The maximum atomic E-state index is 13.3. The number of fused-ring (bicyclic) bond motifs is 1. The number of amides is 1. The van der Waals surface area contributed by atoms with Crippen LogP contribution in [0.4, 0.5) is 0 Å². The van der Waals surface area contributed by atoms with Gasteiger partial charge in [-0.1, -0.05) is 42.5 Å². The lowest BCUT2D eigenvalue weighted by Gasteiger charge is -2.56. The summed E-state index contributed by atoms with van der Waals surface area (Å²) < 4.78 is 1.36. The Kier molecular flexibility index (Phi) is 4.27. The lowest BCUT2D eigenvalue weighted by atomic mass is 9.49. The molecule has 3 aromatic rings. The summed E-state index contributed by atoms with van der Waals surface area (Å²) >= 11 is 0. The van der Waals surface area contributed by atoms with Crippen LogP contribution < -0.4 is 11.0 Å². The van der Waals surface area contributed by atoms with Gasteiger partial charge in [-0.25, -0.2) is 4.98 Å². The molecule has 4 aliphatic carbocycles. The molecule has 4 bridgehead atoms. The van der Waals surface area contributed by atoms with Crippen LogP contribution in [0.3, 0.4) is 0 Å². The molecule has 5 heteroatoms. The van der Waals surface area contributed by atoms with Crippen LogP contribution in [-0.2, 0) is 4.79 Å². The molecule has 5 nitrogen and oxygen atoms in total. The standard InChI is InChI=1S/C26H27N3O2/c30-23(16-26-13-17-10-18(14-26)12-19(11-17)15-26)28-29-24(20-6-2-1-3-7-20)27-22-9-5-4-8-21(22)25(29)31/h1-9,17-19H,10-16H2,(H,28,30). The van der Waals surface area contributed by atoms with Crippen molar-refractivity contribution in [2.45, 2.75) is 44.9 Å². The van der Waals surface area contributed by atoms with Crippen LogP contribution in [0, 0.1) is 23.2 Å². The fourth-order valence-corrected chi connectivity index (χ4v) is 7.03. The first-order chi connectivity index (χ1) is 15.1. The zero-order valence-electron chi connectivity index (χ0n) is 17.6. The highest BCUT2D eigenvalue weighted by molar-refractivity contribution is 5.86. The molecule has 1 N–H and O–H groups in total. The molecule has 0 atom stereocenters. The van der Waals surface area contributed by atoms with Crippen molar-refractivity contribution in [1.82, 2.24) is 9.66 Å². The van der Waals surface area contributed by atoms with Gasteiger partial charge >= 0.3 is 0 Å². The predicted molar refractivity (Wildman–Crippen MR) is 121 cm³/mol. The fourth-order valence-electron chi connectivity index (χ4n) is 7.03. The molecule has 1 amide bonds. The molecule has 2 aromatic carbocycles. The minimum absolute atomic E-state index is 0.0710. The van der Waals surface area contributed by atoms with E-state index in [4.69, 9.17) is 4.98 Å². The number of nitrogens with zero attached hydrogens (tertiary/aromatic N) is 2. The highest BCUT2D eigenvalue weighted by atomic mass is 16.2. The summed E-state index contributed by atoms with van der Waals surface area (Å²) in [6.07, 6.45) is 8.08. The minimum atomic E-state index is -0.233. The summed E-state index contributed by atoms with van der Waals surface area (Å²) in [6, 6.07) is 16.9. The van der Waals surface area contributed by atoms with Gasteiger partial charge in [-0.2, -0.15) is 4.68 Å². The number of nitrogens with one attached hydrogen (secondary N) is 1. The smallest absolute Gasteiger partial charge is 0.273 e. The molecule has 0 unspecified atom stereocenters. The first-order valence-electron chi connectivity index (χ1n) is 11.5. The van der Waals surface area contributed by atoms with Crippen molar-refractivity contribution in [3.63, 3.8) is 0 Å². The molecule has 1 aromatic heterocycles. The summed E-state index contributed by atoms with van der Waals surface area (Å²) in [7, 11) is 0. The molecule has 7 rings (SSSR count). The molecule has 0 radical (unpaired) electrons. The molecule has 4 saturated carbocycles. The Morgan fingerprint density at radius 2 is 1.55 bits per heavy atom. The van der Waals surface area contributed by atoms with Gasteiger partial charge in [-0.3, -0.25) is 15.0 Å². The van der Waals surface area contributed by atoms with Gasteiger partial charge in [0.05, 0.1) is 10.9 Å². The van der Waals surface area contributed by atoms with Crippen molar-refractivity contribution in [1.29, 1.82) is 0 Å². The van der Waals surface area contributed by atoms with Crippen LogP contribution in [-0.4, -0.2) is 15.6 Å². The van der Waals surface area contributed by atoms with E-state index in [1.807, 2.05) is 48.5 Å². The topological polar surface area (TPSA) is 64.0 Å². The minimum Gasteiger partial charge on any atom is -0.273 e. The summed E-state index contributed by atoms with van der Waals surface area (Å²) in [5.41, 5.74) is 4.28. The number of aromatic nitrogens is 2. The van der Waals surface area contributed by atoms with E-state index in [2.05, 4.69) is 5.43 Å². The van der Waals surface area contributed by atoms with E-state index >= 15 is 0 Å². The molecule has 4 fully saturated rings. The molecular weight excluding hydrogens is 386 g/mol. The third kappa shape index (κ3) is 3.27. The molecule has 0 saturated heterocycles. The van der Waals surface area contributed by atoms with Gasteiger partial charge < -0.3 is 0 Å². The summed E-state index contributed by atoms with van der Waals surface area (Å²) in [6.45, 7) is 0. The van der Waals surface area contributed by atoms with Crippen molar-refractivity contribution in [3.8, 4) is 11.4 Å². The Hall–Kier alpha value is -2.95. The third-order valence-electron chi connectivity index (χ3n) is 7.74. The van der Waals surface area contributed by atoms with Gasteiger partial charge in [0.25, 0.3) is 5.56 Å². The van der Waals surface area contributed by atoms with Crippen LogP contribution in [0.25, 0.3) is 22.3 Å². The van der Waals surface area contributed by atoms with Crippen LogP contribution in [0.5, 0.6) is 0 Å². The molecular formula is C26H27N3O2. The maximum absolute atomic E-state index is 13.3. The second-order valence-electron chi connectivity index (χ2n) is 10.1. The highest BCUT2D eigenvalue weighted by Gasteiger charge is 2.51. The molecule has 0 spiro atoms. The van der Waals surface area contributed by atoms with E-state index in [0.717, 1.165) is 23.3 Å². The van der Waals surface area contributed by atoms with Crippen LogP contribution in [0.15, 0.2) is 59.4 Å². The van der Waals surface area contributed by atoms with Gasteiger partial charge in [-0.05, 0) is 73.8 Å². The third-order valence-corrected chi connectivity index (χ3v) is 7.74. The molecule has 4 aliphatic rings. The van der Waals surface area contributed by atoms with E-state index in [9.17, 15) is 9.59 Å². The van der Waals surface area contributed by atoms with Gasteiger partial charge in [0.1, 0.15) is 0 Å². The summed E-state index contributed by atoms with van der Waals surface area (Å²) in [5.74, 6) is 2.79. The quantitative estimate of drug-likeness (QED) is 0.672. The number of benzene rings is 2. The largest absolute Gasteiger partial charge is 0.280 e. The Bertz CT molecular complexity index is 1180. The first-order valence-corrected chi connectivity index (χ1v) is 11.5. The molecule has 31 heavy (non-hydrogen) atoms. The molecule has 158 valence electrons. The van der Waals surface area contributed by atoms with Crippen molar-refractivity contribution >= 4 is 16.8 Å². The monoisotopic (exact) mass is 413 g/mol. The molecule has 1 heterocycles. The Morgan fingerprint density at radius 3 is 2.23 bits per heavy atom. The molecule has 0 aliphatic heterocycles. The van der Waals surface area contributed by atoms with Crippen molar-refractivity contribution in [2.75, 3.05) is 5.43 Å². The summed E-state index contributed by atoms with van der Waals surface area (Å²) in [5, 5.41) is 0.511. The first kappa shape index (κ1) is 18.8. The van der Waals surface area contributed by atoms with Gasteiger partial charge in [0, 0.05) is 12.0 Å². The zero-order chi connectivity index (χ0) is 21.0. The number of carbonyl (C=O) groups excluding carboxylic acids is 1. The lowest BCUT2D eigenvalue weighted by Crippen LogP contribution is -2.48. The van der Waals surface area contributed by atoms with Crippen molar-refractivity contribution in [3.05, 3.63) is 65.0 Å². The number of rotatable bonds is 4. The number of carbonyl (C=O) groups is 1. The second-order valence-corrected chi connectivity index (χ2v) is 10.1. The number of para-hydroxylation sites is 1. The predicted octanol–water partition coefficient (Wildman–Crippen LogP) is 4.74. The number of hydrogen-bond acceptors (Lipinski definition) is 3. The van der Waals surface area contributed by atoms with Crippen LogP contribution >= 0.6 is 0 Å². The van der Waals surface area contributed by atoms with Gasteiger partial charge in [0.15, 0.2) is 5.82 Å². The Morgan fingerprint density at radius 1 is 0.935 bits per heavy atom. The van der Waals surface area contributed by atoms with Crippen LogP contribution in [0.1, 0.15) is 44.9 Å². The fraction of sp³-hybridized carbons (Fsp3) is 0.423. The van der Waals surface area contributed by atoms with E-state index < -0.39 is 0 Å². The van der Waals surface area contributed by atoms with Gasteiger partial charge in [-0.15, -0.1) is 0 Å². The SMILES string of the molecule is O=C(CC12CC3CC(CC(C3)C1)C2)Nn1c(-c2ccccc2)nc2ccccc2c1=O. The van der Waals surface area contributed by atoms with Crippen molar-refractivity contribution in [2.24, 2.45) is 23.2 Å². The number of hydrogen-bond donors (Lipinski definition) is 1. The van der Waals surface area contributed by atoms with Crippen molar-refractivity contribution < 1.29 is 4.79 Å². The second kappa shape index (κ2) is 7.04. The zero-order valence-corrected chi connectivity index (χ0v) is 17.6. The lowest BCUT2D eigenvalue weighted by molar-refractivity contribution is -0.125. The average molecular weight is 414 g/mol. The average Bonchev–Trinajstić information content (AvgIpc) is 2.75. The Labute approximate surface area is 181 Å². The Balaban J connectivity index is 1.35. The summed E-state index contributed by atoms with van der Waals surface area (Å²) in [4.78, 5) is 31.3. The van der Waals surface area contributed by atoms with Gasteiger partial charge in [0.2, 0.25) is 5.91 Å².